The number of amides is 1. The van der Waals surface area contributed by atoms with Crippen LogP contribution in [-0.4, -0.2) is 65.7 Å². The van der Waals surface area contributed by atoms with Crippen LogP contribution in [0.4, 0.5) is 0 Å². The molecule has 0 unspecified atom stereocenters. The molecule has 1 heterocycles. The van der Waals surface area contributed by atoms with E-state index in [1.54, 1.807) is 6.92 Å². The molecule has 8 heteroatoms. The highest BCUT2D eigenvalue weighted by molar-refractivity contribution is 5.88. The molecule has 8 nitrogen and oxygen atoms in total. The molecule has 0 aliphatic carbocycles. The number of hydrogen-bond donors (Lipinski definition) is 3. The molecular weight excluding hydrogens is 374 g/mol. The molecule has 1 aromatic rings. The van der Waals surface area contributed by atoms with Crippen molar-refractivity contribution < 1.29 is 24.2 Å². The van der Waals surface area contributed by atoms with Crippen LogP contribution in [0.15, 0.2) is 30.3 Å². The maximum atomic E-state index is 13.1. The largest absolute Gasteiger partial charge is 0.480 e. The average molecular weight is 405 g/mol. The van der Waals surface area contributed by atoms with E-state index in [9.17, 15) is 19.5 Å². The number of ether oxygens (including phenoxy) is 1. The van der Waals surface area contributed by atoms with Crippen molar-refractivity contribution in [2.75, 3.05) is 19.7 Å². The standard InChI is InChI=1S/C21H31N3O5/c1-2-29-21(28)17(14-15-8-4-3-5-9-15)23-16(10-6-12-22)19(25)24-13-7-11-18(24)20(26)27/h3-5,8-9,16-18,23H,2,6-7,10-14,22H2,1H3,(H,26,27)/t16-,17-,18-/m0/s1. The zero-order valence-electron chi connectivity index (χ0n) is 16.9. The number of benzene rings is 1. The molecule has 1 aromatic carbocycles. The second kappa shape index (κ2) is 11.5. The van der Waals surface area contributed by atoms with Crippen molar-refractivity contribution >= 4 is 17.8 Å². The van der Waals surface area contributed by atoms with Gasteiger partial charge in [-0.25, -0.2) is 4.79 Å². The zero-order valence-corrected chi connectivity index (χ0v) is 16.9. The third-order valence-electron chi connectivity index (χ3n) is 5.07. The summed E-state index contributed by atoms with van der Waals surface area (Å²) < 4.78 is 5.20. The molecule has 0 radical (unpaired) electrons. The first kappa shape index (κ1) is 22.8. The van der Waals surface area contributed by atoms with Crippen molar-refractivity contribution in [2.24, 2.45) is 5.73 Å². The van der Waals surface area contributed by atoms with Crippen molar-refractivity contribution in [1.82, 2.24) is 10.2 Å². The number of rotatable bonds is 11. The second-order valence-electron chi connectivity index (χ2n) is 7.17. The fourth-order valence-corrected chi connectivity index (χ4v) is 3.63. The van der Waals surface area contributed by atoms with Crippen LogP contribution in [0.1, 0.15) is 38.2 Å². The van der Waals surface area contributed by atoms with Crippen LogP contribution >= 0.6 is 0 Å². The highest BCUT2D eigenvalue weighted by Crippen LogP contribution is 2.20. The summed E-state index contributed by atoms with van der Waals surface area (Å²) in [6.07, 6.45) is 2.46. The Labute approximate surface area is 171 Å². The fourth-order valence-electron chi connectivity index (χ4n) is 3.63. The van der Waals surface area contributed by atoms with Crippen LogP contribution in [0.2, 0.25) is 0 Å². The molecule has 29 heavy (non-hydrogen) atoms. The Balaban J connectivity index is 2.19. The van der Waals surface area contributed by atoms with E-state index in [2.05, 4.69) is 5.32 Å². The number of carboxylic acid groups (broad SMARTS) is 1. The topological polar surface area (TPSA) is 122 Å². The minimum Gasteiger partial charge on any atom is -0.480 e. The number of nitrogens with zero attached hydrogens (tertiary/aromatic N) is 1. The number of carbonyl (C=O) groups excluding carboxylic acids is 2. The van der Waals surface area contributed by atoms with Crippen LogP contribution in [0.3, 0.4) is 0 Å². The molecule has 1 aliphatic rings. The molecule has 1 saturated heterocycles. The minimum atomic E-state index is -1.00. The Morgan fingerprint density at radius 3 is 2.62 bits per heavy atom. The Morgan fingerprint density at radius 2 is 2.00 bits per heavy atom. The average Bonchev–Trinajstić information content (AvgIpc) is 3.21. The number of likely N-dealkylation sites (tertiary alicyclic amines) is 1. The van der Waals surface area contributed by atoms with E-state index in [0.717, 1.165) is 5.56 Å². The van der Waals surface area contributed by atoms with Gasteiger partial charge in [0.15, 0.2) is 0 Å². The van der Waals surface area contributed by atoms with Gasteiger partial charge in [-0.3, -0.25) is 14.9 Å². The van der Waals surface area contributed by atoms with E-state index in [1.165, 1.54) is 4.90 Å². The van der Waals surface area contributed by atoms with Crippen LogP contribution in [0.25, 0.3) is 0 Å². The van der Waals surface area contributed by atoms with Gasteiger partial charge in [-0.2, -0.15) is 0 Å². The predicted molar refractivity (Wildman–Crippen MR) is 108 cm³/mol. The highest BCUT2D eigenvalue weighted by atomic mass is 16.5. The molecule has 1 amide bonds. The fraction of sp³-hybridized carbons (Fsp3) is 0.571. The molecule has 4 N–H and O–H groups in total. The first-order chi connectivity index (χ1) is 14.0. The molecule has 0 aromatic heterocycles. The highest BCUT2D eigenvalue weighted by Gasteiger charge is 2.38. The number of esters is 1. The third-order valence-corrected chi connectivity index (χ3v) is 5.07. The van der Waals surface area contributed by atoms with Gasteiger partial charge in [0.2, 0.25) is 5.91 Å². The van der Waals surface area contributed by atoms with Crippen molar-refractivity contribution in [3.63, 3.8) is 0 Å². The lowest BCUT2D eigenvalue weighted by molar-refractivity contribution is -0.150. The predicted octanol–water partition coefficient (Wildman–Crippen LogP) is 0.934. The zero-order chi connectivity index (χ0) is 21.2. The summed E-state index contributed by atoms with van der Waals surface area (Å²) in [6, 6.07) is 7.25. The smallest absolute Gasteiger partial charge is 0.326 e. The number of nitrogens with one attached hydrogen (secondary N) is 1. The van der Waals surface area contributed by atoms with Gasteiger partial charge < -0.3 is 20.5 Å². The summed E-state index contributed by atoms with van der Waals surface area (Å²) in [5, 5.41) is 12.6. The molecule has 2 rings (SSSR count). The normalized spacial score (nSPS) is 18.3. The van der Waals surface area contributed by atoms with Crippen LogP contribution < -0.4 is 11.1 Å². The van der Waals surface area contributed by atoms with Crippen molar-refractivity contribution in [2.45, 2.75) is 57.2 Å². The van der Waals surface area contributed by atoms with E-state index in [-0.39, 0.29) is 12.5 Å². The number of carbonyl (C=O) groups is 3. The van der Waals surface area contributed by atoms with Crippen LogP contribution in [-0.2, 0) is 25.5 Å². The van der Waals surface area contributed by atoms with Gasteiger partial charge in [-0.15, -0.1) is 0 Å². The van der Waals surface area contributed by atoms with Gasteiger partial charge in [0.25, 0.3) is 0 Å². The van der Waals surface area contributed by atoms with Crippen molar-refractivity contribution in [3.8, 4) is 0 Å². The van der Waals surface area contributed by atoms with E-state index in [4.69, 9.17) is 10.5 Å². The SMILES string of the molecule is CCOC(=O)[C@H](Cc1ccccc1)N[C@@H](CCCN)C(=O)N1CCC[C@H]1C(=O)O. The quantitative estimate of drug-likeness (QED) is 0.468. The van der Waals surface area contributed by atoms with E-state index in [0.29, 0.717) is 45.2 Å². The molecule has 3 atom stereocenters. The molecule has 0 bridgehead atoms. The maximum Gasteiger partial charge on any atom is 0.326 e. The summed E-state index contributed by atoms with van der Waals surface area (Å²) in [7, 11) is 0. The molecule has 0 saturated carbocycles. The molecule has 1 fully saturated rings. The summed E-state index contributed by atoms with van der Waals surface area (Å²) in [6.45, 7) is 2.77. The number of hydrogen-bond acceptors (Lipinski definition) is 6. The Hall–Kier alpha value is -2.45. The van der Waals surface area contributed by atoms with Gasteiger partial charge in [0.05, 0.1) is 12.6 Å². The number of carboxylic acids is 1. The summed E-state index contributed by atoms with van der Waals surface area (Å²) in [5.41, 5.74) is 6.57. The lowest BCUT2D eigenvalue weighted by Gasteiger charge is -2.30. The lowest BCUT2D eigenvalue weighted by atomic mass is 10.0. The number of nitrogens with two attached hydrogens (primary N) is 1. The first-order valence-electron chi connectivity index (χ1n) is 10.2. The summed E-state index contributed by atoms with van der Waals surface area (Å²) in [5.74, 6) is -1.73. The van der Waals surface area contributed by atoms with E-state index >= 15 is 0 Å². The summed E-state index contributed by atoms with van der Waals surface area (Å²) in [4.78, 5) is 38.6. The Kier molecular flexibility index (Phi) is 9.08. The molecule has 160 valence electrons. The Bertz CT molecular complexity index is 682. The summed E-state index contributed by atoms with van der Waals surface area (Å²) >= 11 is 0. The minimum absolute atomic E-state index is 0.237. The molecular formula is C21H31N3O5. The van der Waals surface area contributed by atoms with Gasteiger partial charge in [0.1, 0.15) is 12.1 Å². The van der Waals surface area contributed by atoms with Gasteiger partial charge >= 0.3 is 11.9 Å². The number of aliphatic carboxylic acids is 1. The van der Waals surface area contributed by atoms with E-state index in [1.807, 2.05) is 30.3 Å². The van der Waals surface area contributed by atoms with E-state index < -0.39 is 30.1 Å². The van der Waals surface area contributed by atoms with Gasteiger partial charge in [-0.1, -0.05) is 30.3 Å². The molecule has 0 spiro atoms. The molecule has 1 aliphatic heterocycles. The van der Waals surface area contributed by atoms with Gasteiger partial charge in [0, 0.05) is 6.54 Å². The Morgan fingerprint density at radius 1 is 1.28 bits per heavy atom. The van der Waals surface area contributed by atoms with Crippen LogP contribution in [0.5, 0.6) is 0 Å². The lowest BCUT2D eigenvalue weighted by Crippen LogP contribution is -2.55. The van der Waals surface area contributed by atoms with Gasteiger partial charge in [-0.05, 0) is 51.1 Å². The first-order valence-corrected chi connectivity index (χ1v) is 10.2. The van der Waals surface area contributed by atoms with Crippen molar-refractivity contribution in [1.29, 1.82) is 0 Å². The maximum absolute atomic E-state index is 13.1. The van der Waals surface area contributed by atoms with Crippen LogP contribution in [0, 0.1) is 0 Å². The third kappa shape index (κ3) is 6.54. The monoisotopic (exact) mass is 405 g/mol. The second-order valence-corrected chi connectivity index (χ2v) is 7.17. The van der Waals surface area contributed by atoms with Crippen molar-refractivity contribution in [3.05, 3.63) is 35.9 Å².